The Morgan fingerprint density at radius 2 is 2.57 bits per heavy atom. The van der Waals surface area contributed by atoms with Crippen molar-refractivity contribution in [2.24, 2.45) is 4.99 Å². The summed E-state index contributed by atoms with van der Waals surface area (Å²) in [4.78, 5) is 18.5. The number of carboxylic acids is 1. The Kier molecular flexibility index (Phi) is 2.32. The third-order valence-corrected chi connectivity index (χ3v) is 2.38. The first-order chi connectivity index (χ1) is 6.75. The molecule has 0 radical (unpaired) electrons. The minimum atomic E-state index is -1.02. The Balaban J connectivity index is 2.06. The maximum atomic E-state index is 10.5. The Morgan fingerprint density at radius 1 is 1.71 bits per heavy atom. The molecule has 0 amide bonds. The van der Waals surface area contributed by atoms with Crippen LogP contribution in [0.5, 0.6) is 0 Å². The van der Waals surface area contributed by atoms with Gasteiger partial charge in [0.05, 0.1) is 6.54 Å². The van der Waals surface area contributed by atoms with E-state index in [0.717, 1.165) is 13.1 Å². The Labute approximate surface area is 83.7 Å². The molecule has 0 unspecified atom stereocenters. The first-order valence-corrected chi connectivity index (χ1v) is 4.88. The fourth-order valence-corrected chi connectivity index (χ4v) is 1.70. The maximum absolute atomic E-state index is 10.5. The molecule has 2 heterocycles. The van der Waals surface area contributed by atoms with Crippen molar-refractivity contribution in [2.75, 3.05) is 18.4 Å². The molecule has 7 heteroatoms. The standard InChI is InChI=1S/C7H8N4O2S/c12-5(13)4-3-14-7(10-4)11-6-8-1-2-9-6/h3H,1-2H2,(H,12,13)(H2,8,9,10,11). The van der Waals surface area contributed by atoms with E-state index in [1.54, 1.807) is 0 Å². The van der Waals surface area contributed by atoms with Crippen LogP contribution in [-0.2, 0) is 0 Å². The molecule has 1 aliphatic heterocycles. The van der Waals surface area contributed by atoms with Crippen LogP contribution in [0.25, 0.3) is 0 Å². The molecule has 0 spiro atoms. The predicted octanol–water partition coefficient (Wildman–Crippen LogP) is 0.212. The van der Waals surface area contributed by atoms with E-state index < -0.39 is 5.97 Å². The fourth-order valence-electron chi connectivity index (χ4n) is 1.01. The van der Waals surface area contributed by atoms with Gasteiger partial charge in [0.15, 0.2) is 16.8 Å². The Morgan fingerprint density at radius 3 is 3.14 bits per heavy atom. The van der Waals surface area contributed by atoms with Crippen molar-refractivity contribution in [3.8, 4) is 0 Å². The van der Waals surface area contributed by atoms with E-state index in [1.807, 2.05) is 0 Å². The van der Waals surface area contributed by atoms with Crippen LogP contribution in [0, 0.1) is 0 Å². The van der Waals surface area contributed by atoms with Gasteiger partial charge in [-0.1, -0.05) is 0 Å². The van der Waals surface area contributed by atoms with Gasteiger partial charge in [-0.15, -0.1) is 11.3 Å². The van der Waals surface area contributed by atoms with E-state index in [2.05, 4.69) is 20.6 Å². The zero-order chi connectivity index (χ0) is 9.97. The summed E-state index contributed by atoms with van der Waals surface area (Å²) in [6.07, 6.45) is 0. The minimum Gasteiger partial charge on any atom is -0.476 e. The second-order valence-corrected chi connectivity index (χ2v) is 3.48. The topological polar surface area (TPSA) is 86.6 Å². The Hall–Kier alpha value is -1.63. The van der Waals surface area contributed by atoms with E-state index in [-0.39, 0.29) is 5.69 Å². The lowest BCUT2D eigenvalue weighted by atomic mass is 10.5. The lowest BCUT2D eigenvalue weighted by Gasteiger charge is -2.00. The highest BCUT2D eigenvalue weighted by molar-refractivity contribution is 7.14. The van der Waals surface area contributed by atoms with Gasteiger partial charge in [0.1, 0.15) is 0 Å². The lowest BCUT2D eigenvalue weighted by molar-refractivity contribution is 0.0691. The molecule has 1 aliphatic rings. The molecule has 6 nitrogen and oxygen atoms in total. The molecule has 14 heavy (non-hydrogen) atoms. The maximum Gasteiger partial charge on any atom is 0.355 e. The number of nitrogens with one attached hydrogen (secondary N) is 2. The number of nitrogens with zero attached hydrogens (tertiary/aromatic N) is 2. The summed E-state index contributed by atoms with van der Waals surface area (Å²) in [6.45, 7) is 1.54. The number of guanidine groups is 1. The van der Waals surface area contributed by atoms with Gasteiger partial charge in [-0.3, -0.25) is 4.99 Å². The van der Waals surface area contributed by atoms with E-state index in [4.69, 9.17) is 5.11 Å². The van der Waals surface area contributed by atoms with Crippen LogP contribution < -0.4 is 10.6 Å². The molecular formula is C7H8N4O2S. The number of hydrogen-bond acceptors (Lipinski definition) is 6. The molecule has 0 bridgehead atoms. The predicted molar refractivity (Wildman–Crippen MR) is 53.0 cm³/mol. The molecule has 0 saturated heterocycles. The molecule has 1 aromatic heterocycles. The zero-order valence-corrected chi connectivity index (χ0v) is 7.97. The number of thiazole rings is 1. The molecular weight excluding hydrogens is 204 g/mol. The van der Waals surface area contributed by atoms with Crippen LogP contribution in [0.1, 0.15) is 10.5 Å². The van der Waals surface area contributed by atoms with Crippen molar-refractivity contribution in [1.29, 1.82) is 0 Å². The van der Waals surface area contributed by atoms with Crippen LogP contribution in [0.3, 0.4) is 0 Å². The number of aromatic carboxylic acids is 1. The van der Waals surface area contributed by atoms with Gasteiger partial charge in [-0.05, 0) is 0 Å². The molecule has 2 rings (SSSR count). The molecule has 0 atom stereocenters. The summed E-state index contributed by atoms with van der Waals surface area (Å²) in [7, 11) is 0. The van der Waals surface area contributed by atoms with Gasteiger partial charge < -0.3 is 15.7 Å². The summed E-state index contributed by atoms with van der Waals surface area (Å²) in [5, 5.41) is 16.6. The first-order valence-electron chi connectivity index (χ1n) is 4.00. The van der Waals surface area contributed by atoms with Gasteiger partial charge in [-0.2, -0.15) is 0 Å². The van der Waals surface area contributed by atoms with Crippen LogP contribution in [-0.4, -0.2) is 35.1 Å². The summed E-state index contributed by atoms with van der Waals surface area (Å²) in [5.41, 5.74) is 0.0519. The summed E-state index contributed by atoms with van der Waals surface area (Å²) in [6, 6.07) is 0. The molecule has 0 aliphatic carbocycles. The van der Waals surface area contributed by atoms with Gasteiger partial charge in [0.25, 0.3) is 0 Å². The number of carboxylic acid groups (broad SMARTS) is 1. The second kappa shape index (κ2) is 3.62. The van der Waals surface area contributed by atoms with Crippen LogP contribution in [0.15, 0.2) is 10.4 Å². The average molecular weight is 212 g/mol. The highest BCUT2D eigenvalue weighted by atomic mass is 32.1. The van der Waals surface area contributed by atoms with Crippen LogP contribution in [0.4, 0.5) is 5.13 Å². The monoisotopic (exact) mass is 212 g/mol. The van der Waals surface area contributed by atoms with Crippen LogP contribution in [0.2, 0.25) is 0 Å². The minimum absolute atomic E-state index is 0.0519. The number of anilines is 1. The quantitative estimate of drug-likeness (QED) is 0.652. The molecule has 0 saturated carbocycles. The molecule has 0 aromatic carbocycles. The molecule has 3 N–H and O–H groups in total. The van der Waals surface area contributed by atoms with Crippen molar-refractivity contribution in [1.82, 2.24) is 10.3 Å². The normalized spacial score (nSPS) is 14.7. The SMILES string of the molecule is O=C(O)c1csc(NC2=NCCN2)n1. The largest absolute Gasteiger partial charge is 0.476 e. The van der Waals surface area contributed by atoms with Crippen molar-refractivity contribution in [3.05, 3.63) is 11.1 Å². The van der Waals surface area contributed by atoms with Gasteiger partial charge in [0, 0.05) is 11.9 Å². The second-order valence-electron chi connectivity index (χ2n) is 2.63. The van der Waals surface area contributed by atoms with Crippen molar-refractivity contribution in [2.45, 2.75) is 0 Å². The number of rotatable bonds is 2. The van der Waals surface area contributed by atoms with E-state index in [0.29, 0.717) is 11.1 Å². The van der Waals surface area contributed by atoms with Gasteiger partial charge >= 0.3 is 5.97 Å². The van der Waals surface area contributed by atoms with Gasteiger partial charge in [0.2, 0.25) is 0 Å². The van der Waals surface area contributed by atoms with E-state index in [9.17, 15) is 4.79 Å². The number of aromatic nitrogens is 1. The first kappa shape index (κ1) is 8.95. The van der Waals surface area contributed by atoms with E-state index in [1.165, 1.54) is 16.7 Å². The number of hydrogen-bond donors (Lipinski definition) is 3. The summed E-state index contributed by atoms with van der Waals surface area (Å²) >= 11 is 1.24. The smallest absolute Gasteiger partial charge is 0.355 e. The van der Waals surface area contributed by atoms with Crippen molar-refractivity contribution in [3.63, 3.8) is 0 Å². The van der Waals surface area contributed by atoms with Crippen LogP contribution >= 0.6 is 11.3 Å². The third-order valence-electron chi connectivity index (χ3n) is 1.62. The molecule has 74 valence electrons. The summed E-state index contributed by atoms with van der Waals surface area (Å²) < 4.78 is 0. The van der Waals surface area contributed by atoms with Crippen molar-refractivity contribution >= 4 is 28.4 Å². The van der Waals surface area contributed by atoms with E-state index >= 15 is 0 Å². The van der Waals surface area contributed by atoms with Gasteiger partial charge in [-0.25, -0.2) is 9.78 Å². The number of aliphatic imine (C=N–C) groups is 1. The molecule has 1 aromatic rings. The average Bonchev–Trinajstić information content (AvgIpc) is 2.75. The zero-order valence-electron chi connectivity index (χ0n) is 7.15. The highest BCUT2D eigenvalue weighted by Crippen LogP contribution is 2.15. The summed E-state index contributed by atoms with van der Waals surface area (Å²) in [5.74, 6) is -0.369. The molecule has 0 fully saturated rings. The number of carbonyl (C=O) groups is 1. The highest BCUT2D eigenvalue weighted by Gasteiger charge is 2.11. The lowest BCUT2D eigenvalue weighted by Crippen LogP contribution is -2.26. The third kappa shape index (κ3) is 1.82. The Bertz CT molecular complexity index is 387. The fraction of sp³-hybridized carbons (Fsp3) is 0.286. The van der Waals surface area contributed by atoms with Crippen molar-refractivity contribution < 1.29 is 9.90 Å².